The first kappa shape index (κ1) is 39.0. The van der Waals surface area contributed by atoms with E-state index in [0.717, 1.165) is 16.7 Å². The Hall–Kier alpha value is -5.78. The van der Waals surface area contributed by atoms with Crippen LogP contribution in [0.1, 0.15) is 83.4 Å². The van der Waals surface area contributed by atoms with Crippen LogP contribution in [0.25, 0.3) is 0 Å². The number of hydrogen-bond donors (Lipinski definition) is 4. The van der Waals surface area contributed by atoms with Gasteiger partial charge in [0.1, 0.15) is 0 Å². The zero-order valence-electron chi connectivity index (χ0n) is 30.1. The number of nitrogens with one attached hydrogen (secondary N) is 4. The van der Waals surface area contributed by atoms with Crippen LogP contribution < -0.4 is 21.3 Å². The van der Waals surface area contributed by atoms with Gasteiger partial charge in [0.25, 0.3) is 0 Å². The van der Waals surface area contributed by atoms with E-state index in [2.05, 4.69) is 21.3 Å². The Kier molecular flexibility index (Phi) is 11.4. The van der Waals surface area contributed by atoms with Gasteiger partial charge in [-0.15, -0.1) is 0 Å². The second-order valence-corrected chi connectivity index (χ2v) is 14.6. The largest absolute Gasteiger partial charge is 0.296 e. The van der Waals surface area contributed by atoms with Crippen LogP contribution in [0.5, 0.6) is 0 Å². The molecule has 0 spiro atoms. The molecule has 0 aromatic heterocycles. The van der Waals surface area contributed by atoms with Gasteiger partial charge in [0, 0.05) is 19.3 Å². The van der Waals surface area contributed by atoms with E-state index in [4.69, 9.17) is 0 Å². The molecule has 4 aliphatic rings. The first-order valence-corrected chi connectivity index (χ1v) is 16.9. The molecule has 4 N–H and O–H groups in total. The second kappa shape index (κ2) is 15.2. The molecule has 4 fully saturated rings. The molecule has 3 aromatic carbocycles. The molecule has 8 amide bonds. The second-order valence-electron chi connectivity index (χ2n) is 14.6. The zero-order chi connectivity index (χ0) is 38.5. The van der Waals surface area contributed by atoms with Crippen LogP contribution in [-0.4, -0.2) is 47.3 Å². The average Bonchev–Trinajstić information content (AvgIpc) is 3.74. The molecular formula is C40H44N4O8. The number of imide groups is 4. The summed E-state index contributed by atoms with van der Waals surface area (Å²) in [5.41, 5.74) is 0.169. The Morgan fingerprint density at radius 1 is 0.442 bits per heavy atom. The van der Waals surface area contributed by atoms with Crippen molar-refractivity contribution in [3.05, 3.63) is 108 Å². The topological polar surface area (TPSA) is 185 Å². The lowest BCUT2D eigenvalue weighted by molar-refractivity contribution is -0.129. The van der Waals surface area contributed by atoms with E-state index in [9.17, 15) is 38.4 Å². The number of carbonyl (C=O) groups excluding carboxylic acids is 8. The van der Waals surface area contributed by atoms with Gasteiger partial charge >= 0.3 is 0 Å². The summed E-state index contributed by atoms with van der Waals surface area (Å²) in [6.07, 6.45) is 0.772. The van der Waals surface area contributed by atoms with Crippen molar-refractivity contribution in [1.29, 1.82) is 0 Å². The third kappa shape index (κ3) is 8.06. The minimum Gasteiger partial charge on any atom is -0.296 e. The molecule has 12 nitrogen and oxygen atoms in total. The summed E-state index contributed by atoms with van der Waals surface area (Å²) in [6.45, 7) is 10.7. The highest BCUT2D eigenvalue weighted by molar-refractivity contribution is 6.10. The van der Waals surface area contributed by atoms with Crippen molar-refractivity contribution in [2.75, 3.05) is 0 Å². The van der Waals surface area contributed by atoms with Crippen LogP contribution in [0.2, 0.25) is 0 Å². The zero-order valence-corrected chi connectivity index (χ0v) is 30.1. The summed E-state index contributed by atoms with van der Waals surface area (Å²) >= 11 is 0. The predicted octanol–water partition coefficient (Wildman–Crippen LogP) is 3.49. The monoisotopic (exact) mass is 708 g/mol. The molecule has 12 heteroatoms. The lowest BCUT2D eigenvalue weighted by Gasteiger charge is -2.28. The first-order chi connectivity index (χ1) is 24.3. The van der Waals surface area contributed by atoms with Crippen molar-refractivity contribution < 1.29 is 38.4 Å². The lowest BCUT2D eigenvalue weighted by atomic mass is 9.70. The quantitative estimate of drug-likeness (QED) is 0.298. The summed E-state index contributed by atoms with van der Waals surface area (Å²) in [6, 6.07) is 28.1. The molecule has 7 rings (SSSR count). The van der Waals surface area contributed by atoms with E-state index in [1.54, 1.807) is 41.5 Å². The number of carbonyl (C=O) groups is 8. The van der Waals surface area contributed by atoms with Crippen LogP contribution in [0.4, 0.5) is 0 Å². The number of rotatable bonds is 3. The van der Waals surface area contributed by atoms with Gasteiger partial charge < -0.3 is 0 Å². The maximum Gasteiger partial charge on any atom is 0.237 e. The van der Waals surface area contributed by atoms with Gasteiger partial charge in [-0.1, -0.05) is 91.0 Å². The van der Waals surface area contributed by atoms with Crippen LogP contribution in [0.3, 0.4) is 0 Å². The van der Waals surface area contributed by atoms with E-state index in [0.29, 0.717) is 0 Å². The summed E-state index contributed by atoms with van der Waals surface area (Å²) in [5, 5.41) is 9.26. The number of benzene rings is 3. The van der Waals surface area contributed by atoms with E-state index in [1.807, 2.05) is 91.0 Å². The summed E-state index contributed by atoms with van der Waals surface area (Å²) in [4.78, 5) is 89.9. The molecule has 0 radical (unpaired) electrons. The average molecular weight is 709 g/mol. The van der Waals surface area contributed by atoms with Gasteiger partial charge in [-0.25, -0.2) is 0 Å². The molecule has 0 bridgehead atoms. The first-order valence-electron chi connectivity index (χ1n) is 16.9. The van der Waals surface area contributed by atoms with E-state index >= 15 is 0 Å². The fourth-order valence-corrected chi connectivity index (χ4v) is 5.99. The Labute approximate surface area is 302 Å². The Balaban J connectivity index is 0.000000156. The molecule has 272 valence electrons. The minimum absolute atomic E-state index is 0.174. The van der Waals surface area contributed by atoms with Crippen molar-refractivity contribution in [3.63, 3.8) is 0 Å². The van der Waals surface area contributed by atoms with Crippen LogP contribution in [-0.2, 0) is 49.2 Å². The fraction of sp³-hybridized carbons (Fsp3) is 0.350. The lowest BCUT2D eigenvalue weighted by Crippen LogP contribution is -2.35. The SMILES string of the molecule is CC1(C)C(=O)NC(=O)C1(C)C.CC1(c2ccccc2)CC(=O)NC1=O.CC1(c2ccccc2)CC(=O)NC1=O.O=C1CC(c2ccccc2)C(=O)N1. The highest BCUT2D eigenvalue weighted by Gasteiger charge is 2.54. The van der Waals surface area contributed by atoms with Gasteiger partial charge in [-0.3, -0.25) is 59.6 Å². The smallest absolute Gasteiger partial charge is 0.237 e. The predicted molar refractivity (Wildman–Crippen MR) is 191 cm³/mol. The van der Waals surface area contributed by atoms with E-state index in [1.165, 1.54) is 0 Å². The van der Waals surface area contributed by atoms with Crippen molar-refractivity contribution in [1.82, 2.24) is 21.3 Å². The highest BCUT2D eigenvalue weighted by atomic mass is 16.2. The van der Waals surface area contributed by atoms with Crippen molar-refractivity contribution in [3.8, 4) is 0 Å². The van der Waals surface area contributed by atoms with Crippen molar-refractivity contribution in [2.24, 2.45) is 10.8 Å². The number of hydrogen-bond acceptors (Lipinski definition) is 8. The van der Waals surface area contributed by atoms with Crippen molar-refractivity contribution in [2.45, 2.75) is 77.6 Å². The van der Waals surface area contributed by atoms with Gasteiger partial charge in [0.15, 0.2) is 0 Å². The molecule has 4 aliphatic heterocycles. The standard InChI is InChI=1S/2C11H11NO2.C10H9NO2.C8H13NO2/c2*1-11(7-9(13)12-10(11)14)8-5-3-2-4-6-8;12-9-6-8(10(13)11-9)7-4-2-1-3-5-7;1-7(2)5(10)9-6(11)8(7,3)4/h2*2-6H,7H2,1H3,(H,12,13,14);1-5,8H,6H2,(H,11,12,13);1-4H3,(H,9,10,11). The molecular weight excluding hydrogens is 664 g/mol. The van der Waals surface area contributed by atoms with E-state index < -0.39 is 21.7 Å². The molecule has 3 atom stereocenters. The van der Waals surface area contributed by atoms with Crippen molar-refractivity contribution >= 4 is 47.3 Å². The Morgan fingerprint density at radius 2 is 0.808 bits per heavy atom. The normalized spacial score (nSPS) is 25.3. The summed E-state index contributed by atoms with van der Waals surface area (Å²) < 4.78 is 0. The summed E-state index contributed by atoms with van der Waals surface area (Å²) in [7, 11) is 0. The van der Waals surface area contributed by atoms with Gasteiger partial charge in [-0.2, -0.15) is 0 Å². The van der Waals surface area contributed by atoms with Crippen LogP contribution in [0, 0.1) is 10.8 Å². The van der Waals surface area contributed by atoms with Crippen LogP contribution >= 0.6 is 0 Å². The maximum atomic E-state index is 11.6. The molecule has 52 heavy (non-hydrogen) atoms. The van der Waals surface area contributed by atoms with Crippen LogP contribution in [0.15, 0.2) is 91.0 Å². The fourth-order valence-electron chi connectivity index (χ4n) is 5.99. The third-order valence-electron chi connectivity index (χ3n) is 10.5. The van der Waals surface area contributed by atoms with Gasteiger partial charge in [0.05, 0.1) is 27.6 Å². The summed E-state index contributed by atoms with van der Waals surface area (Å²) in [5.74, 6) is -1.78. The molecule has 4 saturated heterocycles. The molecule has 0 aliphatic carbocycles. The number of amides is 8. The van der Waals surface area contributed by atoms with Gasteiger partial charge in [-0.05, 0) is 58.2 Å². The van der Waals surface area contributed by atoms with Gasteiger partial charge in [0.2, 0.25) is 47.3 Å². The maximum absolute atomic E-state index is 11.6. The third-order valence-corrected chi connectivity index (χ3v) is 10.5. The Bertz CT molecular complexity index is 1790. The minimum atomic E-state index is -0.682. The highest BCUT2D eigenvalue weighted by Crippen LogP contribution is 2.42. The molecule has 3 unspecified atom stereocenters. The molecule has 4 heterocycles. The van der Waals surface area contributed by atoms with E-state index in [-0.39, 0.29) is 72.4 Å². The molecule has 3 aromatic rings. The molecule has 0 saturated carbocycles. The Morgan fingerprint density at radius 3 is 1.08 bits per heavy atom.